The van der Waals surface area contributed by atoms with Gasteiger partial charge in [-0.25, -0.2) is 0 Å². The fourth-order valence-electron chi connectivity index (χ4n) is 5.81. The highest BCUT2D eigenvalue weighted by atomic mass is 16.2. The summed E-state index contributed by atoms with van der Waals surface area (Å²) >= 11 is 0. The molecule has 3 aromatic carbocycles. The minimum Gasteiger partial charge on any atom is -0.372 e. The molecule has 0 atom stereocenters. The summed E-state index contributed by atoms with van der Waals surface area (Å²) in [7, 11) is 0. The van der Waals surface area contributed by atoms with Crippen molar-refractivity contribution in [2.45, 2.75) is 32.1 Å². The molecule has 1 fully saturated rings. The Hall–Kier alpha value is -4.06. The first kappa shape index (κ1) is 23.3. The summed E-state index contributed by atoms with van der Waals surface area (Å²) in [5, 5.41) is 4.01. The van der Waals surface area contributed by atoms with Gasteiger partial charge in [0, 0.05) is 53.7 Å². The Bertz CT molecular complexity index is 1470. The lowest BCUT2D eigenvalue weighted by molar-refractivity contribution is -0.122. The zero-order valence-corrected chi connectivity index (χ0v) is 21.3. The number of fused-ring (bicyclic) bond motifs is 2. The molecular weight excluding hydrogens is 460 g/mol. The average molecular weight is 493 g/mol. The molecule has 1 aromatic heterocycles. The molecule has 188 valence electrons. The highest BCUT2D eigenvalue weighted by molar-refractivity contribution is 6.12. The van der Waals surface area contributed by atoms with E-state index in [1.54, 1.807) is 0 Å². The Kier molecular flexibility index (Phi) is 5.75. The first-order valence-electron chi connectivity index (χ1n) is 13.1. The molecule has 6 rings (SSSR count). The standard InChI is InChI=1S/C31H32N4O2/c1-31(2)25-13-12-22(29(36)33-27-19-32-26-11-7-6-10-24(26)27)18-28(25)35(30(31)37)20-21-14-16-34(17-15-21)23-8-4-3-5-9-23/h3-13,18-19,21,32H,14-17,20H2,1-2H3,(H,33,36). The second-order valence-corrected chi connectivity index (χ2v) is 10.7. The molecule has 3 heterocycles. The van der Waals surface area contributed by atoms with Crippen LogP contribution in [-0.4, -0.2) is 36.4 Å². The number of amides is 2. The van der Waals surface area contributed by atoms with Gasteiger partial charge >= 0.3 is 0 Å². The highest BCUT2D eigenvalue weighted by Crippen LogP contribution is 2.43. The number of para-hydroxylation sites is 2. The molecule has 37 heavy (non-hydrogen) atoms. The van der Waals surface area contributed by atoms with Gasteiger partial charge in [0.25, 0.3) is 5.91 Å². The monoisotopic (exact) mass is 492 g/mol. The van der Waals surface area contributed by atoms with E-state index in [4.69, 9.17) is 0 Å². The lowest BCUT2D eigenvalue weighted by Crippen LogP contribution is -2.42. The molecule has 0 unspecified atom stereocenters. The fraction of sp³-hybridized carbons (Fsp3) is 0.290. The molecule has 6 nitrogen and oxygen atoms in total. The van der Waals surface area contributed by atoms with Gasteiger partial charge < -0.3 is 20.1 Å². The number of aromatic nitrogens is 1. The molecule has 1 saturated heterocycles. The Morgan fingerprint density at radius 1 is 1.00 bits per heavy atom. The van der Waals surface area contributed by atoms with Crippen LogP contribution < -0.4 is 15.1 Å². The van der Waals surface area contributed by atoms with Crippen LogP contribution in [0.25, 0.3) is 10.9 Å². The van der Waals surface area contributed by atoms with Crippen LogP contribution in [0.2, 0.25) is 0 Å². The summed E-state index contributed by atoms with van der Waals surface area (Å²) < 4.78 is 0. The van der Waals surface area contributed by atoms with Crippen molar-refractivity contribution < 1.29 is 9.59 Å². The molecule has 6 heteroatoms. The predicted octanol–water partition coefficient (Wildman–Crippen LogP) is 5.96. The minimum absolute atomic E-state index is 0.113. The SMILES string of the molecule is CC1(C)C(=O)N(CC2CCN(c3ccccc3)CC2)c2cc(C(=O)Nc3c[nH]c4ccccc34)ccc21. The van der Waals surface area contributed by atoms with Gasteiger partial charge in [0.2, 0.25) is 5.91 Å². The summed E-state index contributed by atoms with van der Waals surface area (Å²) in [6.45, 7) is 6.63. The number of nitrogens with zero attached hydrogens (tertiary/aromatic N) is 2. The fourth-order valence-corrected chi connectivity index (χ4v) is 5.81. The summed E-state index contributed by atoms with van der Waals surface area (Å²) in [5.41, 5.74) is 4.79. The maximum atomic E-state index is 13.5. The van der Waals surface area contributed by atoms with Crippen LogP contribution in [0.15, 0.2) is 79.0 Å². The number of rotatable bonds is 5. The zero-order valence-electron chi connectivity index (χ0n) is 21.3. The van der Waals surface area contributed by atoms with Crippen molar-refractivity contribution >= 4 is 39.8 Å². The lowest BCUT2D eigenvalue weighted by atomic mass is 9.86. The summed E-state index contributed by atoms with van der Waals surface area (Å²) in [6.07, 6.45) is 3.89. The summed E-state index contributed by atoms with van der Waals surface area (Å²) in [6, 6.07) is 24.1. The van der Waals surface area contributed by atoms with E-state index in [2.05, 4.69) is 39.5 Å². The largest absolute Gasteiger partial charge is 0.372 e. The van der Waals surface area contributed by atoms with Crippen LogP contribution in [0.3, 0.4) is 0 Å². The van der Waals surface area contributed by atoms with Gasteiger partial charge in [0.1, 0.15) is 0 Å². The van der Waals surface area contributed by atoms with Crippen molar-refractivity contribution in [2.75, 3.05) is 34.8 Å². The van der Waals surface area contributed by atoms with Crippen LogP contribution in [0, 0.1) is 5.92 Å². The van der Waals surface area contributed by atoms with Crippen molar-refractivity contribution in [3.05, 3.63) is 90.1 Å². The molecule has 0 bridgehead atoms. The van der Waals surface area contributed by atoms with Crippen LogP contribution in [0.1, 0.15) is 42.6 Å². The van der Waals surface area contributed by atoms with Crippen molar-refractivity contribution in [1.82, 2.24) is 4.98 Å². The van der Waals surface area contributed by atoms with E-state index < -0.39 is 5.41 Å². The molecule has 0 spiro atoms. The van der Waals surface area contributed by atoms with Crippen LogP contribution in [-0.2, 0) is 10.2 Å². The van der Waals surface area contributed by atoms with E-state index >= 15 is 0 Å². The topological polar surface area (TPSA) is 68.4 Å². The average Bonchev–Trinajstić information content (AvgIpc) is 3.41. The molecule has 2 aliphatic rings. The number of hydrogen-bond donors (Lipinski definition) is 2. The third kappa shape index (κ3) is 4.16. The van der Waals surface area contributed by atoms with Gasteiger partial charge in [-0.2, -0.15) is 0 Å². The van der Waals surface area contributed by atoms with Gasteiger partial charge in [0.05, 0.1) is 11.1 Å². The van der Waals surface area contributed by atoms with Crippen molar-refractivity contribution in [3.63, 3.8) is 0 Å². The number of benzene rings is 3. The lowest BCUT2D eigenvalue weighted by Gasteiger charge is -2.35. The second kappa shape index (κ2) is 9.11. The Labute approximate surface area is 217 Å². The number of nitrogens with one attached hydrogen (secondary N) is 2. The van der Waals surface area contributed by atoms with Crippen LogP contribution in [0.5, 0.6) is 0 Å². The molecule has 2 amide bonds. The number of aromatic amines is 1. The maximum Gasteiger partial charge on any atom is 0.255 e. The molecular formula is C31H32N4O2. The smallest absolute Gasteiger partial charge is 0.255 e. The second-order valence-electron chi connectivity index (χ2n) is 10.7. The number of anilines is 3. The number of hydrogen-bond acceptors (Lipinski definition) is 3. The summed E-state index contributed by atoms with van der Waals surface area (Å²) in [4.78, 5) is 34.3. The van der Waals surface area contributed by atoms with Crippen LogP contribution >= 0.6 is 0 Å². The van der Waals surface area contributed by atoms with E-state index in [9.17, 15) is 9.59 Å². The molecule has 0 saturated carbocycles. The normalized spacial score (nSPS) is 17.3. The molecule has 2 aliphatic heterocycles. The number of carbonyl (C=O) groups excluding carboxylic acids is 2. The van der Waals surface area contributed by atoms with Gasteiger partial charge in [-0.1, -0.05) is 42.5 Å². The molecule has 2 N–H and O–H groups in total. The van der Waals surface area contributed by atoms with Gasteiger partial charge in [-0.15, -0.1) is 0 Å². The third-order valence-electron chi connectivity index (χ3n) is 8.02. The van der Waals surface area contributed by atoms with E-state index in [0.717, 1.165) is 53.8 Å². The number of carbonyl (C=O) groups is 2. The molecule has 0 radical (unpaired) electrons. The van der Waals surface area contributed by atoms with Gasteiger partial charge in [-0.05, 0) is 68.5 Å². The predicted molar refractivity (Wildman–Crippen MR) is 149 cm³/mol. The Morgan fingerprint density at radius 3 is 2.51 bits per heavy atom. The molecule has 4 aromatic rings. The Balaban J connectivity index is 1.21. The van der Waals surface area contributed by atoms with E-state index in [-0.39, 0.29) is 11.8 Å². The quantitative estimate of drug-likeness (QED) is 0.361. The van der Waals surface area contributed by atoms with E-state index in [0.29, 0.717) is 18.0 Å². The van der Waals surface area contributed by atoms with Gasteiger partial charge in [0.15, 0.2) is 0 Å². The van der Waals surface area contributed by atoms with Crippen molar-refractivity contribution in [3.8, 4) is 0 Å². The minimum atomic E-state index is -0.605. The zero-order chi connectivity index (χ0) is 25.6. The molecule has 0 aliphatic carbocycles. The summed E-state index contributed by atoms with van der Waals surface area (Å²) in [5.74, 6) is 0.359. The van der Waals surface area contributed by atoms with Crippen LogP contribution in [0.4, 0.5) is 17.1 Å². The third-order valence-corrected chi connectivity index (χ3v) is 8.02. The van der Waals surface area contributed by atoms with Crippen molar-refractivity contribution in [1.29, 1.82) is 0 Å². The van der Waals surface area contributed by atoms with Crippen molar-refractivity contribution in [2.24, 2.45) is 5.92 Å². The first-order chi connectivity index (χ1) is 17.9. The number of piperidine rings is 1. The first-order valence-corrected chi connectivity index (χ1v) is 13.1. The van der Waals surface area contributed by atoms with E-state index in [1.807, 2.05) is 73.5 Å². The Morgan fingerprint density at radius 2 is 1.73 bits per heavy atom. The van der Waals surface area contributed by atoms with E-state index in [1.165, 1.54) is 5.69 Å². The van der Waals surface area contributed by atoms with Gasteiger partial charge in [-0.3, -0.25) is 9.59 Å². The highest BCUT2D eigenvalue weighted by Gasteiger charge is 2.44. The maximum absolute atomic E-state index is 13.5. The number of H-pyrrole nitrogens is 1.